The molecule has 122 valence electrons. The second-order valence-electron chi connectivity index (χ2n) is 4.38. The van der Waals surface area contributed by atoms with E-state index in [0.29, 0.717) is 0 Å². The fraction of sp³-hybridized carbons (Fsp3) is 0.636. The van der Waals surface area contributed by atoms with Gasteiger partial charge in [0.1, 0.15) is 6.10 Å². The Kier molecular flexibility index (Phi) is 6.25. The fourth-order valence-corrected chi connectivity index (χ4v) is 1.46. The van der Waals surface area contributed by atoms with Crippen molar-refractivity contribution in [2.45, 2.75) is 32.3 Å². The number of halogens is 6. The average Bonchev–Trinajstić information content (AvgIpc) is 2.21. The van der Waals surface area contributed by atoms with Crippen LogP contribution < -0.4 is 0 Å². The van der Waals surface area contributed by atoms with E-state index < -0.39 is 42.2 Å². The lowest BCUT2D eigenvalue weighted by Gasteiger charge is -2.32. The van der Waals surface area contributed by atoms with Crippen molar-refractivity contribution in [3.05, 3.63) is 12.2 Å². The Hall–Kier alpha value is -1.74. The van der Waals surface area contributed by atoms with Crippen LogP contribution in [-0.4, -0.2) is 35.5 Å². The summed E-state index contributed by atoms with van der Waals surface area (Å²) in [7, 11) is 0. The van der Waals surface area contributed by atoms with Gasteiger partial charge >= 0.3 is 24.3 Å². The topological polar surface area (TPSA) is 63.6 Å². The molecule has 21 heavy (non-hydrogen) atoms. The predicted molar refractivity (Wildman–Crippen MR) is 57.1 cm³/mol. The molecule has 0 radical (unpaired) electrons. The molecule has 0 saturated carbocycles. The molecule has 0 heterocycles. The van der Waals surface area contributed by atoms with Crippen molar-refractivity contribution < 1.29 is 45.8 Å². The highest BCUT2D eigenvalue weighted by molar-refractivity contribution is 5.90. The molecule has 0 aliphatic heterocycles. The Balaban J connectivity index is 5.37. The van der Waals surface area contributed by atoms with Gasteiger partial charge in [-0.05, 0) is 5.92 Å². The minimum Gasteiger partial charge on any atom is -0.478 e. The van der Waals surface area contributed by atoms with Gasteiger partial charge in [-0.1, -0.05) is 13.8 Å². The highest BCUT2D eigenvalue weighted by Crippen LogP contribution is 2.44. The quantitative estimate of drug-likeness (QED) is 0.480. The van der Waals surface area contributed by atoms with E-state index in [1.54, 1.807) is 0 Å². The number of hydrogen-bond donors (Lipinski definition) is 1. The molecule has 10 heteroatoms. The van der Waals surface area contributed by atoms with E-state index >= 15 is 0 Å². The molecule has 0 aromatic heterocycles. The van der Waals surface area contributed by atoms with E-state index in [2.05, 4.69) is 4.74 Å². The van der Waals surface area contributed by atoms with Crippen LogP contribution in [0.4, 0.5) is 26.3 Å². The van der Waals surface area contributed by atoms with Gasteiger partial charge in [-0.25, -0.2) is 9.59 Å². The first-order chi connectivity index (χ1) is 9.26. The molecule has 0 aromatic rings. The van der Waals surface area contributed by atoms with Crippen LogP contribution in [0.3, 0.4) is 0 Å². The molecule has 0 fully saturated rings. The Morgan fingerprint density at radius 2 is 1.43 bits per heavy atom. The fourth-order valence-electron chi connectivity index (χ4n) is 1.46. The van der Waals surface area contributed by atoms with Crippen LogP contribution in [0.15, 0.2) is 12.2 Å². The summed E-state index contributed by atoms with van der Waals surface area (Å²) in [4.78, 5) is 21.2. The lowest BCUT2D eigenvalue weighted by atomic mass is 9.92. The number of aliphatic carboxylic acids is 1. The molecule has 1 atom stereocenters. The number of carboxylic acids is 1. The van der Waals surface area contributed by atoms with Crippen molar-refractivity contribution >= 4 is 11.9 Å². The number of carbonyl (C=O) groups excluding carboxylic acids is 1. The van der Waals surface area contributed by atoms with Gasteiger partial charge < -0.3 is 9.84 Å². The van der Waals surface area contributed by atoms with Crippen LogP contribution in [0.1, 0.15) is 13.8 Å². The summed E-state index contributed by atoms with van der Waals surface area (Å²) in [5.74, 6) is -8.35. The smallest absolute Gasteiger partial charge is 0.404 e. The third-order valence-corrected chi connectivity index (χ3v) is 2.31. The van der Waals surface area contributed by atoms with E-state index in [4.69, 9.17) is 5.11 Å². The third-order valence-electron chi connectivity index (χ3n) is 2.31. The molecule has 0 rings (SSSR count). The molecule has 0 saturated heterocycles. The predicted octanol–water partition coefficient (Wildman–Crippen LogP) is 2.94. The van der Waals surface area contributed by atoms with E-state index in [1.165, 1.54) is 0 Å². The molecule has 0 aliphatic rings. The molecular weight excluding hydrogens is 310 g/mol. The number of carboxylic acid groups (broad SMARTS) is 1. The van der Waals surface area contributed by atoms with Crippen molar-refractivity contribution in [3.8, 4) is 0 Å². The van der Waals surface area contributed by atoms with Crippen molar-refractivity contribution in [1.82, 2.24) is 0 Å². The number of alkyl halides is 6. The standard InChI is InChI=1S/C11H12F6O4/c1-5(2)8(21-7(20)4-3-6(18)19)9(10(12,13)14)11(15,16)17/h3-5,8-9H,1-2H3,(H,18,19). The van der Waals surface area contributed by atoms with Crippen LogP contribution in [-0.2, 0) is 14.3 Å². The summed E-state index contributed by atoms with van der Waals surface area (Å²) in [6, 6.07) is 0. The van der Waals surface area contributed by atoms with Crippen molar-refractivity contribution in [2.24, 2.45) is 11.8 Å². The van der Waals surface area contributed by atoms with E-state index in [9.17, 15) is 35.9 Å². The number of hydrogen-bond acceptors (Lipinski definition) is 3. The first-order valence-electron chi connectivity index (χ1n) is 5.51. The minimum absolute atomic E-state index is 0.238. The zero-order valence-electron chi connectivity index (χ0n) is 10.8. The Morgan fingerprint density at radius 1 is 1.00 bits per heavy atom. The van der Waals surface area contributed by atoms with Crippen molar-refractivity contribution in [3.63, 3.8) is 0 Å². The van der Waals surface area contributed by atoms with Gasteiger partial charge in [-0.15, -0.1) is 0 Å². The zero-order valence-corrected chi connectivity index (χ0v) is 10.8. The highest BCUT2D eigenvalue weighted by Gasteiger charge is 2.62. The largest absolute Gasteiger partial charge is 0.478 e. The van der Waals surface area contributed by atoms with Gasteiger partial charge in [0.05, 0.1) is 0 Å². The Bertz CT molecular complexity index is 396. The molecule has 0 amide bonds. The SMILES string of the molecule is CC(C)C(OC(=O)C=CC(=O)O)C(C(F)(F)F)C(F)(F)F. The maximum Gasteiger partial charge on any atom is 0.404 e. The van der Waals surface area contributed by atoms with Crippen LogP contribution in [0.5, 0.6) is 0 Å². The maximum atomic E-state index is 12.6. The number of rotatable bonds is 5. The molecule has 1 N–H and O–H groups in total. The van der Waals surface area contributed by atoms with Crippen molar-refractivity contribution in [2.75, 3.05) is 0 Å². The summed E-state index contributed by atoms with van der Waals surface area (Å²) in [5.41, 5.74) is 0. The summed E-state index contributed by atoms with van der Waals surface area (Å²) in [5, 5.41) is 8.22. The average molecular weight is 322 g/mol. The minimum atomic E-state index is -5.66. The maximum absolute atomic E-state index is 12.6. The lowest BCUT2D eigenvalue weighted by molar-refractivity contribution is -0.311. The highest BCUT2D eigenvalue weighted by atomic mass is 19.4. The van der Waals surface area contributed by atoms with Gasteiger partial charge in [0.25, 0.3) is 0 Å². The van der Waals surface area contributed by atoms with Gasteiger partial charge in [0.2, 0.25) is 0 Å². The normalized spacial score (nSPS) is 14.8. The molecule has 0 aromatic carbocycles. The first-order valence-corrected chi connectivity index (χ1v) is 5.51. The van der Waals surface area contributed by atoms with E-state index in [-0.39, 0.29) is 12.2 Å². The van der Waals surface area contributed by atoms with Crippen LogP contribution in [0, 0.1) is 11.8 Å². The van der Waals surface area contributed by atoms with Gasteiger partial charge in [-0.2, -0.15) is 26.3 Å². The molecule has 0 aliphatic carbocycles. The zero-order chi connectivity index (χ0) is 17.0. The molecule has 0 spiro atoms. The van der Waals surface area contributed by atoms with Gasteiger partial charge in [0, 0.05) is 12.2 Å². The van der Waals surface area contributed by atoms with Crippen LogP contribution in [0.25, 0.3) is 0 Å². The van der Waals surface area contributed by atoms with Crippen LogP contribution >= 0.6 is 0 Å². The van der Waals surface area contributed by atoms with Crippen LogP contribution in [0.2, 0.25) is 0 Å². The number of carbonyl (C=O) groups is 2. The molecule has 1 unspecified atom stereocenters. The Labute approximate surface area is 115 Å². The number of ether oxygens (including phenoxy) is 1. The molecule has 4 nitrogen and oxygen atoms in total. The van der Waals surface area contributed by atoms with Crippen molar-refractivity contribution in [1.29, 1.82) is 0 Å². The second kappa shape index (κ2) is 6.81. The second-order valence-corrected chi connectivity index (χ2v) is 4.38. The summed E-state index contributed by atoms with van der Waals surface area (Å²) >= 11 is 0. The van der Waals surface area contributed by atoms with E-state index in [1.807, 2.05) is 0 Å². The number of esters is 1. The summed E-state index contributed by atoms with van der Waals surface area (Å²) in [6.45, 7) is 2.03. The summed E-state index contributed by atoms with van der Waals surface area (Å²) < 4.78 is 79.6. The molecule has 0 bridgehead atoms. The van der Waals surface area contributed by atoms with Gasteiger partial charge in [-0.3, -0.25) is 0 Å². The Morgan fingerprint density at radius 3 is 1.71 bits per heavy atom. The monoisotopic (exact) mass is 322 g/mol. The third kappa shape index (κ3) is 6.50. The first kappa shape index (κ1) is 19.3. The lowest BCUT2D eigenvalue weighted by Crippen LogP contribution is -2.48. The van der Waals surface area contributed by atoms with Gasteiger partial charge in [0.15, 0.2) is 5.92 Å². The van der Waals surface area contributed by atoms with E-state index in [0.717, 1.165) is 13.8 Å². The molecular formula is C11H12F6O4. The summed E-state index contributed by atoms with van der Waals surface area (Å²) in [6.07, 6.45) is -13.4.